The van der Waals surface area contributed by atoms with E-state index >= 15 is 0 Å². The third-order valence-electron chi connectivity index (χ3n) is 2.47. The predicted octanol–water partition coefficient (Wildman–Crippen LogP) is 1.92. The van der Waals surface area contributed by atoms with Gasteiger partial charge in [-0.25, -0.2) is 0 Å². The average molecular weight is 321 g/mol. The summed E-state index contributed by atoms with van der Waals surface area (Å²) < 4.78 is 34.3. The molecule has 2 rings (SSSR count). The fraction of sp³-hybridized carbons (Fsp3) is 0.364. The second-order valence-corrected chi connectivity index (χ2v) is 7.83. The number of nitrogens with zero attached hydrogens (tertiary/aromatic N) is 1. The molecule has 1 heterocycles. The van der Waals surface area contributed by atoms with Crippen molar-refractivity contribution in [3.05, 3.63) is 24.3 Å². The van der Waals surface area contributed by atoms with Crippen LogP contribution in [-0.2, 0) is 17.2 Å². The van der Waals surface area contributed by atoms with Gasteiger partial charge in [-0.3, -0.25) is 4.55 Å². The van der Waals surface area contributed by atoms with Crippen molar-refractivity contribution in [3.8, 4) is 0 Å². The summed E-state index contributed by atoms with van der Waals surface area (Å²) in [5.74, 6) is 0.509. The topological polar surface area (TPSA) is 88.2 Å². The number of hydrogen-bond acceptors (Lipinski definition) is 5. The summed E-state index contributed by atoms with van der Waals surface area (Å²) in [6, 6.07) is 8.14. The van der Waals surface area contributed by atoms with Crippen LogP contribution in [0.15, 0.2) is 28.6 Å². The van der Waals surface area contributed by atoms with E-state index in [1.54, 1.807) is 23.1 Å². The van der Waals surface area contributed by atoms with E-state index < -0.39 is 10.1 Å². The van der Waals surface area contributed by atoms with Crippen molar-refractivity contribution in [1.29, 1.82) is 0 Å². The molecular formula is C11H15NO4S3. The summed E-state index contributed by atoms with van der Waals surface area (Å²) in [5, 5.41) is 0. The standard InChI is InChI=1S/C11H13NO3S3.H2O/c1-12-9-5-2-3-6-10(9)17-11(12)16-7-4-8-18(13,14)15;/h2-3,5-6H,4,7-8H2,1H3;1H2. The minimum atomic E-state index is -3.83. The van der Waals surface area contributed by atoms with Crippen molar-refractivity contribution < 1.29 is 23.0 Å². The van der Waals surface area contributed by atoms with E-state index in [4.69, 9.17) is 4.55 Å². The third-order valence-corrected chi connectivity index (χ3v) is 5.91. The zero-order chi connectivity index (χ0) is 13.2. The lowest BCUT2D eigenvalue weighted by Crippen LogP contribution is -2.28. The maximum Gasteiger partial charge on any atom is 0.298 e. The first-order chi connectivity index (χ1) is 8.47. The van der Waals surface area contributed by atoms with Gasteiger partial charge in [0.1, 0.15) is 11.7 Å². The summed E-state index contributed by atoms with van der Waals surface area (Å²) >= 11 is 3.32. The molecule has 0 saturated carbocycles. The van der Waals surface area contributed by atoms with E-state index in [-0.39, 0.29) is 11.2 Å². The molecule has 2 aromatic rings. The van der Waals surface area contributed by atoms with Crippen LogP contribution in [0, 0.1) is 0 Å². The Balaban J connectivity index is 0.00000180. The minimum Gasteiger partial charge on any atom is -0.870 e. The molecule has 0 atom stereocenters. The van der Waals surface area contributed by atoms with Crippen molar-refractivity contribution in [2.45, 2.75) is 10.8 Å². The second-order valence-electron chi connectivity index (χ2n) is 3.88. The Morgan fingerprint density at radius 3 is 2.68 bits per heavy atom. The number of para-hydroxylation sites is 1. The van der Waals surface area contributed by atoms with Gasteiger partial charge in [-0.05, 0) is 24.2 Å². The molecule has 5 nitrogen and oxygen atoms in total. The lowest BCUT2D eigenvalue weighted by atomic mass is 10.3. The average Bonchev–Trinajstić information content (AvgIpc) is 2.62. The largest absolute Gasteiger partial charge is 0.870 e. The fourth-order valence-electron chi connectivity index (χ4n) is 1.61. The van der Waals surface area contributed by atoms with Crippen LogP contribution in [0.5, 0.6) is 0 Å². The summed E-state index contributed by atoms with van der Waals surface area (Å²) in [4.78, 5) is 0. The molecule has 0 amide bonds. The molecular weight excluding hydrogens is 306 g/mol. The Labute approximate surface area is 120 Å². The normalized spacial score (nSPS) is 11.5. The highest BCUT2D eigenvalue weighted by Crippen LogP contribution is 2.27. The number of benzene rings is 1. The molecule has 0 saturated heterocycles. The van der Waals surface area contributed by atoms with Crippen LogP contribution < -0.4 is 4.57 Å². The van der Waals surface area contributed by atoms with Crippen LogP contribution in [-0.4, -0.2) is 30.0 Å². The zero-order valence-electron chi connectivity index (χ0n) is 10.3. The van der Waals surface area contributed by atoms with Crippen LogP contribution in [0.2, 0.25) is 0 Å². The van der Waals surface area contributed by atoms with Crippen molar-refractivity contribution >= 4 is 43.4 Å². The lowest BCUT2D eigenvalue weighted by molar-refractivity contribution is -0.676. The summed E-state index contributed by atoms with van der Waals surface area (Å²) in [7, 11) is -1.83. The minimum absolute atomic E-state index is 0. The summed E-state index contributed by atoms with van der Waals surface area (Å²) in [6.07, 6.45) is 0.456. The first-order valence-corrected chi connectivity index (χ1v) is 8.84. The highest BCUT2D eigenvalue weighted by molar-refractivity contribution is 8.01. The van der Waals surface area contributed by atoms with Crippen LogP contribution in [0.25, 0.3) is 10.2 Å². The Morgan fingerprint density at radius 1 is 1.37 bits per heavy atom. The number of thioether (sulfide) groups is 1. The molecule has 1 aromatic carbocycles. The van der Waals surface area contributed by atoms with Gasteiger partial charge in [-0.2, -0.15) is 13.0 Å². The molecule has 0 aliphatic heterocycles. The van der Waals surface area contributed by atoms with Gasteiger partial charge in [0.2, 0.25) is 5.52 Å². The van der Waals surface area contributed by atoms with Gasteiger partial charge in [0.15, 0.2) is 0 Å². The molecule has 0 aliphatic carbocycles. The Kier molecular flexibility index (Phi) is 5.75. The number of thiazole rings is 1. The number of aromatic nitrogens is 1. The second kappa shape index (κ2) is 6.67. The van der Waals surface area contributed by atoms with Crippen LogP contribution in [0.1, 0.15) is 6.42 Å². The maximum absolute atomic E-state index is 10.6. The molecule has 19 heavy (non-hydrogen) atoms. The first kappa shape index (κ1) is 16.4. The molecule has 0 fully saturated rings. The molecule has 0 spiro atoms. The number of fused-ring (bicyclic) bond motifs is 1. The Hall–Kier alpha value is -0.670. The first-order valence-electron chi connectivity index (χ1n) is 5.43. The van der Waals surface area contributed by atoms with Gasteiger partial charge < -0.3 is 5.48 Å². The van der Waals surface area contributed by atoms with E-state index in [0.717, 1.165) is 4.34 Å². The predicted molar refractivity (Wildman–Crippen MR) is 76.7 cm³/mol. The van der Waals surface area contributed by atoms with Crippen molar-refractivity contribution in [2.75, 3.05) is 11.5 Å². The summed E-state index contributed by atoms with van der Waals surface area (Å²) in [6.45, 7) is 0. The van der Waals surface area contributed by atoms with Gasteiger partial charge >= 0.3 is 0 Å². The third kappa shape index (κ3) is 4.43. The van der Waals surface area contributed by atoms with Gasteiger partial charge in [-0.15, -0.1) is 0 Å². The van der Waals surface area contributed by atoms with E-state index in [9.17, 15) is 8.42 Å². The molecule has 0 aliphatic rings. The fourth-order valence-corrected chi connectivity index (χ4v) is 4.69. The molecule has 0 unspecified atom stereocenters. The van der Waals surface area contributed by atoms with Crippen LogP contribution in [0.3, 0.4) is 0 Å². The monoisotopic (exact) mass is 321 g/mol. The molecule has 2 N–H and O–H groups in total. The van der Waals surface area contributed by atoms with Gasteiger partial charge in [-0.1, -0.05) is 23.5 Å². The highest BCUT2D eigenvalue weighted by atomic mass is 32.2. The molecule has 106 valence electrons. The van der Waals surface area contributed by atoms with Gasteiger partial charge in [0.05, 0.1) is 5.75 Å². The molecule has 1 aromatic heterocycles. The molecule has 0 radical (unpaired) electrons. The SMILES string of the molecule is C[n+]1c(SCCCS(=O)(=O)O)sc2ccccc21.[OH-]. The van der Waals surface area contributed by atoms with Gasteiger partial charge in [0.25, 0.3) is 14.5 Å². The quantitative estimate of drug-likeness (QED) is 0.393. The Morgan fingerprint density at radius 2 is 2.05 bits per heavy atom. The highest BCUT2D eigenvalue weighted by Gasteiger charge is 2.16. The lowest BCUT2D eigenvalue weighted by Gasteiger charge is -1.95. The zero-order valence-corrected chi connectivity index (χ0v) is 12.8. The van der Waals surface area contributed by atoms with Crippen molar-refractivity contribution in [1.82, 2.24) is 0 Å². The van der Waals surface area contributed by atoms with Crippen LogP contribution >= 0.6 is 23.1 Å². The Bertz CT molecular complexity index is 651. The van der Waals surface area contributed by atoms with Crippen molar-refractivity contribution in [2.24, 2.45) is 7.05 Å². The van der Waals surface area contributed by atoms with E-state index in [0.29, 0.717) is 12.2 Å². The van der Waals surface area contributed by atoms with Crippen molar-refractivity contribution in [3.63, 3.8) is 0 Å². The van der Waals surface area contributed by atoms with Crippen LogP contribution in [0.4, 0.5) is 0 Å². The smallest absolute Gasteiger partial charge is 0.298 e. The van der Waals surface area contributed by atoms with Gasteiger partial charge in [0, 0.05) is 11.8 Å². The number of hydrogen-bond donors (Lipinski definition) is 1. The van der Waals surface area contributed by atoms with E-state index in [1.807, 2.05) is 19.2 Å². The number of aryl methyl sites for hydroxylation is 1. The van der Waals surface area contributed by atoms with E-state index in [1.165, 1.54) is 10.2 Å². The summed E-state index contributed by atoms with van der Waals surface area (Å²) in [5.41, 5.74) is 1.18. The van der Waals surface area contributed by atoms with E-state index in [2.05, 4.69) is 16.7 Å². The number of rotatable bonds is 5. The maximum atomic E-state index is 10.6. The molecule has 8 heteroatoms. The molecule has 0 bridgehead atoms.